The second-order valence-electron chi connectivity index (χ2n) is 9.93. The topological polar surface area (TPSA) is 96.2 Å². The number of benzene rings is 1. The summed E-state index contributed by atoms with van der Waals surface area (Å²) in [6.45, 7) is 10.7. The highest BCUT2D eigenvalue weighted by atomic mass is 16.5. The summed E-state index contributed by atoms with van der Waals surface area (Å²) in [5.74, 6) is 1.67. The summed E-state index contributed by atoms with van der Waals surface area (Å²) in [7, 11) is 3.30. The molecule has 1 rings (SSSR count). The van der Waals surface area contributed by atoms with Crippen LogP contribution in [0.4, 0.5) is 0 Å². The molecule has 0 amide bonds. The van der Waals surface area contributed by atoms with Crippen LogP contribution < -0.4 is 9.47 Å². The van der Waals surface area contributed by atoms with Crippen molar-refractivity contribution in [1.29, 1.82) is 0 Å². The summed E-state index contributed by atoms with van der Waals surface area (Å²) in [6, 6.07) is 3.89. The van der Waals surface area contributed by atoms with Crippen LogP contribution in [0.3, 0.4) is 0 Å². The Balaban J connectivity index is 2.64. The minimum Gasteiger partial charge on any atom is -0.497 e. The van der Waals surface area contributed by atoms with Gasteiger partial charge >= 0.3 is 0 Å². The van der Waals surface area contributed by atoms with Crippen molar-refractivity contribution in [3.8, 4) is 11.5 Å². The highest BCUT2D eigenvalue weighted by molar-refractivity contribution is 5.91. The predicted molar refractivity (Wildman–Crippen MR) is 141 cm³/mol. The van der Waals surface area contributed by atoms with Gasteiger partial charge in [-0.1, -0.05) is 23.3 Å². The molecular formula is C29H44O6. The molecule has 3 N–H and O–H groups in total. The molecular weight excluding hydrogens is 444 g/mol. The van der Waals surface area contributed by atoms with Gasteiger partial charge in [-0.05, 0) is 90.2 Å². The molecule has 2 atom stereocenters. The maximum Gasteiger partial charge on any atom is 0.159 e. The molecule has 1 aromatic rings. The smallest absolute Gasteiger partial charge is 0.159 e. The first kappa shape index (κ1) is 30.6. The summed E-state index contributed by atoms with van der Waals surface area (Å²) >= 11 is 0. The number of ether oxygens (including phenoxy) is 2. The van der Waals surface area contributed by atoms with Crippen molar-refractivity contribution in [2.24, 2.45) is 0 Å². The van der Waals surface area contributed by atoms with E-state index in [1.807, 2.05) is 45.1 Å². The van der Waals surface area contributed by atoms with Crippen LogP contribution in [0.15, 0.2) is 47.1 Å². The highest BCUT2D eigenvalue weighted by Crippen LogP contribution is 2.29. The van der Waals surface area contributed by atoms with Crippen LogP contribution >= 0.6 is 0 Å². The van der Waals surface area contributed by atoms with Crippen molar-refractivity contribution in [3.63, 3.8) is 0 Å². The van der Waals surface area contributed by atoms with Crippen LogP contribution in [0.25, 0.3) is 0 Å². The number of carbonyl (C=O) groups is 1. The number of aryl methyl sites for hydroxylation is 1. The van der Waals surface area contributed by atoms with Gasteiger partial charge in [0.05, 0.1) is 32.0 Å². The van der Waals surface area contributed by atoms with E-state index in [1.54, 1.807) is 27.2 Å². The average molecular weight is 489 g/mol. The van der Waals surface area contributed by atoms with E-state index < -0.39 is 17.8 Å². The van der Waals surface area contributed by atoms with E-state index in [-0.39, 0.29) is 12.2 Å². The van der Waals surface area contributed by atoms with E-state index in [0.717, 1.165) is 39.3 Å². The number of carbonyl (C=O) groups excluding carboxylic acids is 1. The van der Waals surface area contributed by atoms with Gasteiger partial charge in [0.1, 0.15) is 11.5 Å². The minimum atomic E-state index is -1.26. The summed E-state index contributed by atoms with van der Waals surface area (Å²) in [6.07, 6.45) is 6.28. The van der Waals surface area contributed by atoms with Crippen molar-refractivity contribution < 1.29 is 29.6 Å². The fourth-order valence-electron chi connectivity index (χ4n) is 3.75. The van der Waals surface area contributed by atoms with Gasteiger partial charge in [-0.15, -0.1) is 0 Å². The third-order valence-electron chi connectivity index (χ3n) is 6.09. The zero-order chi connectivity index (χ0) is 26.8. The molecule has 0 fully saturated rings. The molecule has 0 bridgehead atoms. The van der Waals surface area contributed by atoms with Crippen molar-refractivity contribution in [2.75, 3.05) is 14.2 Å². The number of ketones is 1. The van der Waals surface area contributed by atoms with E-state index in [2.05, 4.69) is 0 Å². The van der Waals surface area contributed by atoms with E-state index in [1.165, 1.54) is 13.8 Å². The monoisotopic (exact) mass is 488 g/mol. The van der Waals surface area contributed by atoms with E-state index in [4.69, 9.17) is 9.47 Å². The van der Waals surface area contributed by atoms with E-state index in [9.17, 15) is 20.1 Å². The Hall–Kier alpha value is -2.41. The van der Waals surface area contributed by atoms with Crippen LogP contribution in [-0.2, 0) is 11.2 Å². The van der Waals surface area contributed by atoms with Gasteiger partial charge in [0, 0.05) is 18.4 Å². The third-order valence-corrected chi connectivity index (χ3v) is 6.09. The van der Waals surface area contributed by atoms with Gasteiger partial charge < -0.3 is 24.8 Å². The average Bonchev–Trinajstić information content (AvgIpc) is 2.76. The van der Waals surface area contributed by atoms with Crippen molar-refractivity contribution >= 4 is 5.78 Å². The maximum absolute atomic E-state index is 12.5. The quantitative estimate of drug-likeness (QED) is 0.251. The Bertz CT molecular complexity index is 933. The van der Waals surface area contributed by atoms with Gasteiger partial charge in [0.2, 0.25) is 0 Å². The lowest BCUT2D eigenvalue weighted by atomic mass is 9.93. The zero-order valence-corrected chi connectivity index (χ0v) is 22.6. The number of hydrogen-bond acceptors (Lipinski definition) is 6. The van der Waals surface area contributed by atoms with Crippen LogP contribution in [0.2, 0.25) is 0 Å². The van der Waals surface area contributed by atoms with Gasteiger partial charge in [-0.2, -0.15) is 0 Å². The minimum absolute atomic E-state index is 0.0547. The highest BCUT2D eigenvalue weighted by Gasteiger charge is 2.27. The van der Waals surface area contributed by atoms with Crippen LogP contribution in [-0.4, -0.2) is 53.1 Å². The molecule has 0 saturated carbocycles. The summed E-state index contributed by atoms with van der Waals surface area (Å²) in [4.78, 5) is 12.5. The molecule has 6 nitrogen and oxygen atoms in total. The van der Waals surface area contributed by atoms with Gasteiger partial charge in [0.25, 0.3) is 0 Å². The Morgan fingerprint density at radius 2 is 1.71 bits per heavy atom. The first-order valence-electron chi connectivity index (χ1n) is 12.1. The van der Waals surface area contributed by atoms with Gasteiger partial charge in [0.15, 0.2) is 5.78 Å². The third kappa shape index (κ3) is 10.8. The van der Waals surface area contributed by atoms with Crippen LogP contribution in [0, 0.1) is 6.92 Å². The van der Waals surface area contributed by atoms with E-state index >= 15 is 0 Å². The molecule has 0 heterocycles. The normalized spacial score (nSPS) is 15.1. The second kappa shape index (κ2) is 14.2. The second-order valence-corrected chi connectivity index (χ2v) is 9.93. The number of aliphatic hydroxyl groups is 3. The number of rotatable bonds is 14. The molecule has 6 heteroatoms. The Morgan fingerprint density at radius 1 is 1.06 bits per heavy atom. The zero-order valence-electron chi connectivity index (χ0n) is 22.6. The fraction of sp³-hybridized carbons (Fsp3) is 0.552. The Morgan fingerprint density at radius 3 is 2.29 bits per heavy atom. The van der Waals surface area contributed by atoms with Crippen molar-refractivity contribution in [2.45, 2.75) is 91.5 Å². The molecule has 0 aromatic heterocycles. The summed E-state index contributed by atoms with van der Waals surface area (Å²) < 4.78 is 10.9. The maximum atomic E-state index is 12.5. The number of allylic oxidation sites excluding steroid dienone is 5. The fourth-order valence-corrected chi connectivity index (χ4v) is 3.75. The number of methoxy groups -OCH3 is 2. The van der Waals surface area contributed by atoms with Crippen molar-refractivity contribution in [3.05, 3.63) is 58.2 Å². The molecule has 0 saturated heterocycles. The molecule has 0 aliphatic rings. The van der Waals surface area contributed by atoms with Gasteiger partial charge in [-0.25, -0.2) is 0 Å². The predicted octanol–water partition coefficient (Wildman–Crippen LogP) is 5.02. The number of hydrogen-bond donors (Lipinski definition) is 3. The Kier molecular flexibility index (Phi) is 12.4. The molecule has 0 aliphatic carbocycles. The molecule has 0 aliphatic heterocycles. The summed E-state index contributed by atoms with van der Waals surface area (Å²) in [5, 5.41) is 30.0. The molecule has 35 heavy (non-hydrogen) atoms. The van der Waals surface area contributed by atoms with E-state index in [0.29, 0.717) is 25.7 Å². The van der Waals surface area contributed by atoms with Crippen molar-refractivity contribution in [1.82, 2.24) is 0 Å². The summed E-state index contributed by atoms with van der Waals surface area (Å²) in [5.41, 5.74) is 3.48. The molecule has 0 spiro atoms. The lowest BCUT2D eigenvalue weighted by Gasteiger charge is -2.26. The standard InChI is InChI=1S/C29H44O6/c1-19(10-9-11-21(3)26(31)18-27(32)29(5,6)33)14-24(30)15-20(2)12-13-23-17-25(34-7)16-22(4)28(23)35-8/h11-12,14,16-17,26-27,31-33H,9-10,13,15,18H2,1-8H3. The largest absolute Gasteiger partial charge is 0.497 e. The lowest BCUT2D eigenvalue weighted by Crippen LogP contribution is -2.38. The van der Waals surface area contributed by atoms with Crippen LogP contribution in [0.5, 0.6) is 11.5 Å². The molecule has 2 unspecified atom stereocenters. The first-order valence-corrected chi connectivity index (χ1v) is 12.1. The SMILES string of the molecule is COc1cc(C)c(OC)c(CC=C(C)CC(=O)C=C(C)CCC=C(C)C(O)CC(O)C(C)(C)O)c1. The lowest BCUT2D eigenvalue weighted by molar-refractivity contribution is -0.114. The molecule has 196 valence electrons. The Labute approximate surface area is 211 Å². The molecule has 0 radical (unpaired) electrons. The molecule has 1 aromatic carbocycles. The number of aliphatic hydroxyl groups excluding tert-OH is 2. The first-order chi connectivity index (χ1) is 16.3. The van der Waals surface area contributed by atoms with Gasteiger partial charge in [-0.3, -0.25) is 4.79 Å². The van der Waals surface area contributed by atoms with Crippen LogP contribution in [0.1, 0.15) is 71.4 Å².